The molecule has 1 aromatic heterocycles. The van der Waals surface area contributed by atoms with Crippen LogP contribution in [0.2, 0.25) is 4.71 Å². The molecular formula is C7H10AsNO2S2. The fourth-order valence-electron chi connectivity index (χ4n) is 0.830. The van der Waals surface area contributed by atoms with Gasteiger partial charge in [-0.25, -0.2) is 0 Å². The topological polar surface area (TPSA) is 50.2 Å². The number of thiol groups is 1. The van der Waals surface area contributed by atoms with Gasteiger partial charge in [-0.3, -0.25) is 0 Å². The number of hydrogen-bond donors (Lipinski definition) is 2. The zero-order valence-corrected chi connectivity index (χ0v) is 10.6. The van der Waals surface area contributed by atoms with E-state index in [9.17, 15) is 4.79 Å². The summed E-state index contributed by atoms with van der Waals surface area (Å²) in [6, 6.07) is 0. The zero-order chi connectivity index (χ0) is 9.68. The van der Waals surface area contributed by atoms with Crippen molar-refractivity contribution in [1.82, 2.24) is 4.98 Å². The molecule has 0 aliphatic rings. The third-order valence-corrected chi connectivity index (χ3v) is 6.29. The molecule has 0 aromatic carbocycles. The molecule has 2 atom stereocenters. The second kappa shape index (κ2) is 5.68. The van der Waals surface area contributed by atoms with E-state index in [0.717, 1.165) is 3.80 Å². The standard InChI is InChI=1S/C7H10AsNO2S2/c10-6(11)5(1-3-12)8-7-9-2-4-13-7/h2,4-5,8,12H,1,3H2,(H,10,11)/t5-/m0/s1. The first-order valence-electron chi connectivity index (χ1n) is 3.73. The number of hydrogen-bond acceptors (Lipinski definition) is 4. The van der Waals surface area contributed by atoms with E-state index >= 15 is 0 Å². The van der Waals surface area contributed by atoms with Crippen LogP contribution in [0.1, 0.15) is 6.42 Å². The van der Waals surface area contributed by atoms with E-state index < -0.39 is 21.7 Å². The summed E-state index contributed by atoms with van der Waals surface area (Å²) < 4.78 is 0.790. The van der Waals surface area contributed by atoms with Gasteiger partial charge >= 0.3 is 92.8 Å². The normalized spacial score (nSPS) is 13.6. The minimum absolute atomic E-state index is 0.219. The van der Waals surface area contributed by atoms with Crippen molar-refractivity contribution < 1.29 is 9.90 Å². The van der Waals surface area contributed by atoms with Gasteiger partial charge in [-0.05, 0) is 0 Å². The van der Waals surface area contributed by atoms with Gasteiger partial charge in [-0.2, -0.15) is 0 Å². The van der Waals surface area contributed by atoms with E-state index in [1.54, 1.807) is 17.5 Å². The third-order valence-electron chi connectivity index (χ3n) is 1.45. The van der Waals surface area contributed by atoms with Crippen molar-refractivity contribution >= 4 is 49.5 Å². The van der Waals surface area contributed by atoms with Crippen LogP contribution in [0.4, 0.5) is 0 Å². The van der Waals surface area contributed by atoms with E-state index in [1.165, 1.54) is 0 Å². The second-order valence-corrected chi connectivity index (χ2v) is 7.55. The van der Waals surface area contributed by atoms with E-state index in [4.69, 9.17) is 5.11 Å². The average molecular weight is 279 g/mol. The molecule has 0 radical (unpaired) electrons. The molecule has 0 aliphatic heterocycles. The fraction of sp³-hybridized carbons (Fsp3) is 0.429. The first kappa shape index (κ1) is 11.1. The maximum absolute atomic E-state index is 10.8. The van der Waals surface area contributed by atoms with Crippen LogP contribution in [0, 0.1) is 0 Å². The number of thiazole rings is 1. The first-order chi connectivity index (χ1) is 6.24. The van der Waals surface area contributed by atoms with Crippen molar-refractivity contribution in [2.24, 2.45) is 0 Å². The molecule has 0 aliphatic carbocycles. The summed E-state index contributed by atoms with van der Waals surface area (Å²) in [5.74, 6) is -0.0736. The Hall–Kier alpha value is 0.00844. The number of aliphatic carboxylic acids is 1. The molecule has 0 amide bonds. The Labute approximate surface area is 92.7 Å². The van der Waals surface area contributed by atoms with Gasteiger partial charge in [-0.1, -0.05) is 0 Å². The summed E-state index contributed by atoms with van der Waals surface area (Å²) in [6.07, 6.45) is 2.38. The van der Waals surface area contributed by atoms with E-state index in [0.29, 0.717) is 12.2 Å². The average Bonchev–Trinajstić information content (AvgIpc) is 2.56. The monoisotopic (exact) mass is 279 g/mol. The van der Waals surface area contributed by atoms with Crippen molar-refractivity contribution in [2.45, 2.75) is 11.1 Å². The van der Waals surface area contributed by atoms with Gasteiger partial charge in [0.15, 0.2) is 0 Å². The fourth-order valence-corrected chi connectivity index (χ4v) is 5.44. The number of nitrogens with zero attached hydrogens (tertiary/aromatic N) is 1. The Bertz CT molecular complexity index is 265. The molecule has 13 heavy (non-hydrogen) atoms. The van der Waals surface area contributed by atoms with Gasteiger partial charge in [0.1, 0.15) is 0 Å². The van der Waals surface area contributed by atoms with Gasteiger partial charge in [0.25, 0.3) is 0 Å². The minimum atomic E-state index is -0.704. The summed E-state index contributed by atoms with van der Waals surface area (Å²) >= 11 is 4.97. The molecule has 0 saturated heterocycles. The second-order valence-electron chi connectivity index (χ2n) is 2.38. The predicted octanol–water partition coefficient (Wildman–Crippen LogP) is 0.398. The number of aromatic nitrogens is 1. The molecule has 1 unspecified atom stereocenters. The van der Waals surface area contributed by atoms with Gasteiger partial charge < -0.3 is 0 Å². The van der Waals surface area contributed by atoms with E-state index in [-0.39, 0.29) is 4.71 Å². The predicted molar refractivity (Wildman–Crippen MR) is 58.8 cm³/mol. The van der Waals surface area contributed by atoms with Crippen LogP contribution in [0.3, 0.4) is 0 Å². The molecule has 0 fully saturated rings. The van der Waals surface area contributed by atoms with Crippen molar-refractivity contribution in [3.63, 3.8) is 0 Å². The Kier molecular flexibility index (Phi) is 4.84. The van der Waals surface area contributed by atoms with Crippen molar-refractivity contribution in [1.29, 1.82) is 0 Å². The van der Waals surface area contributed by atoms with Crippen molar-refractivity contribution in [3.05, 3.63) is 11.6 Å². The third kappa shape index (κ3) is 3.71. The summed E-state index contributed by atoms with van der Waals surface area (Å²) in [4.78, 5) is 14.9. The molecule has 6 heteroatoms. The molecule has 1 aromatic rings. The van der Waals surface area contributed by atoms with Crippen LogP contribution in [0.15, 0.2) is 11.6 Å². The summed E-state index contributed by atoms with van der Waals surface area (Å²) in [6.45, 7) is 0. The zero-order valence-electron chi connectivity index (χ0n) is 6.80. The van der Waals surface area contributed by atoms with Crippen LogP contribution >= 0.6 is 24.0 Å². The Morgan fingerprint density at radius 2 is 2.62 bits per heavy atom. The van der Waals surface area contributed by atoms with Crippen LogP contribution < -0.4 is 3.80 Å². The molecule has 1 rings (SSSR count). The van der Waals surface area contributed by atoms with E-state index in [2.05, 4.69) is 17.6 Å². The van der Waals surface area contributed by atoms with Crippen LogP contribution in [0.25, 0.3) is 0 Å². The molecule has 72 valence electrons. The molecule has 3 nitrogen and oxygen atoms in total. The Balaban J connectivity index is 2.52. The number of carbonyl (C=O) groups is 1. The summed E-state index contributed by atoms with van der Waals surface area (Å²) in [5.41, 5.74) is 0. The van der Waals surface area contributed by atoms with Gasteiger partial charge in [0.2, 0.25) is 0 Å². The molecule has 0 spiro atoms. The van der Waals surface area contributed by atoms with Gasteiger partial charge in [0, 0.05) is 0 Å². The molecule has 1 heterocycles. The molecule has 1 N–H and O–H groups in total. The van der Waals surface area contributed by atoms with Crippen LogP contribution in [-0.4, -0.2) is 37.6 Å². The van der Waals surface area contributed by atoms with Gasteiger partial charge in [0.05, 0.1) is 0 Å². The Morgan fingerprint density at radius 3 is 3.08 bits per heavy atom. The molecule has 0 bridgehead atoms. The van der Waals surface area contributed by atoms with Crippen LogP contribution in [-0.2, 0) is 4.79 Å². The SMILES string of the molecule is O=C(O)[C@H](CCS)[AsH]c1nccs1. The molecule has 0 saturated carbocycles. The molecular weight excluding hydrogens is 269 g/mol. The first-order valence-corrected chi connectivity index (χ1v) is 7.51. The van der Waals surface area contributed by atoms with Crippen LogP contribution in [0.5, 0.6) is 0 Å². The van der Waals surface area contributed by atoms with Crippen molar-refractivity contribution in [2.75, 3.05) is 5.75 Å². The summed E-state index contributed by atoms with van der Waals surface area (Å²) in [5, 5.41) is 10.8. The van der Waals surface area contributed by atoms with Crippen molar-refractivity contribution in [3.8, 4) is 0 Å². The number of carboxylic acid groups (broad SMARTS) is 1. The number of rotatable bonds is 5. The quantitative estimate of drug-likeness (QED) is 0.606. The Morgan fingerprint density at radius 1 is 1.85 bits per heavy atom. The maximum atomic E-state index is 10.8. The van der Waals surface area contributed by atoms with Gasteiger partial charge in [-0.15, -0.1) is 0 Å². The van der Waals surface area contributed by atoms with E-state index in [1.807, 2.05) is 5.38 Å². The number of carboxylic acids is 1. The summed E-state index contributed by atoms with van der Waals surface area (Å²) in [7, 11) is 0.